The maximum Gasteiger partial charge on any atom is 0.231 e. The van der Waals surface area contributed by atoms with Gasteiger partial charge in [-0.3, -0.25) is 0 Å². The number of aromatic nitrogens is 2. The van der Waals surface area contributed by atoms with Crippen molar-refractivity contribution in [1.29, 1.82) is 0 Å². The number of nitrogens with zero attached hydrogens (tertiary/aromatic N) is 2. The minimum Gasteiger partial charge on any atom is -0.445 e. The first-order valence-electron chi connectivity index (χ1n) is 7.60. The fraction of sp³-hybridized carbons (Fsp3) is 0.438. The van der Waals surface area contributed by atoms with Crippen molar-refractivity contribution in [1.82, 2.24) is 9.78 Å². The Hall–Kier alpha value is -1.97. The number of hydrogen-bond donors (Lipinski definition) is 4. The van der Waals surface area contributed by atoms with E-state index in [4.69, 9.17) is 9.47 Å². The van der Waals surface area contributed by atoms with E-state index in [-0.39, 0.29) is 0 Å². The van der Waals surface area contributed by atoms with Crippen LogP contribution < -0.4 is 4.74 Å². The van der Waals surface area contributed by atoms with Gasteiger partial charge in [-0.1, -0.05) is 18.2 Å². The van der Waals surface area contributed by atoms with E-state index >= 15 is 0 Å². The molecule has 0 spiro atoms. The fourth-order valence-corrected chi connectivity index (χ4v) is 2.60. The third-order valence-corrected chi connectivity index (χ3v) is 3.88. The van der Waals surface area contributed by atoms with Crippen LogP contribution >= 0.6 is 0 Å². The maximum atomic E-state index is 10.1. The summed E-state index contributed by atoms with van der Waals surface area (Å²) in [6, 6.07) is 10.9. The van der Waals surface area contributed by atoms with Gasteiger partial charge < -0.3 is 29.9 Å². The van der Waals surface area contributed by atoms with Crippen molar-refractivity contribution in [2.75, 3.05) is 6.61 Å². The van der Waals surface area contributed by atoms with Crippen LogP contribution in [0.5, 0.6) is 5.88 Å². The zero-order valence-electron chi connectivity index (χ0n) is 13.1. The number of aliphatic hydroxyl groups excluding tert-OH is 4. The number of aryl methyl sites for hydroxylation is 1. The lowest BCUT2D eigenvalue weighted by Crippen LogP contribution is -2.60. The van der Waals surface area contributed by atoms with Crippen molar-refractivity contribution in [2.45, 2.75) is 37.6 Å². The van der Waals surface area contributed by atoms with Gasteiger partial charge in [-0.05, 0) is 19.1 Å². The molecule has 0 saturated carbocycles. The van der Waals surface area contributed by atoms with Gasteiger partial charge in [0.05, 0.1) is 18.0 Å². The summed E-state index contributed by atoms with van der Waals surface area (Å²) in [7, 11) is 0. The van der Waals surface area contributed by atoms with Gasteiger partial charge in [0, 0.05) is 6.07 Å². The first-order valence-corrected chi connectivity index (χ1v) is 7.60. The lowest BCUT2D eigenvalue weighted by molar-refractivity contribution is -0.278. The molecular weight excluding hydrogens is 316 g/mol. The first-order chi connectivity index (χ1) is 11.5. The van der Waals surface area contributed by atoms with Crippen LogP contribution in [-0.4, -0.2) is 67.5 Å². The molecule has 1 aliphatic rings. The molecule has 0 bridgehead atoms. The van der Waals surface area contributed by atoms with Crippen LogP contribution in [0.3, 0.4) is 0 Å². The molecule has 0 amide bonds. The summed E-state index contributed by atoms with van der Waals surface area (Å²) in [4.78, 5) is 0. The zero-order valence-corrected chi connectivity index (χ0v) is 13.1. The van der Waals surface area contributed by atoms with Crippen LogP contribution in [0.25, 0.3) is 5.69 Å². The van der Waals surface area contributed by atoms with E-state index in [1.165, 1.54) is 4.68 Å². The van der Waals surface area contributed by atoms with Gasteiger partial charge >= 0.3 is 0 Å². The van der Waals surface area contributed by atoms with Crippen LogP contribution in [0.15, 0.2) is 36.4 Å². The number of para-hydroxylation sites is 1. The summed E-state index contributed by atoms with van der Waals surface area (Å²) in [5, 5.41) is 43.3. The molecule has 8 heteroatoms. The Morgan fingerprint density at radius 2 is 1.83 bits per heavy atom. The molecule has 1 aromatic heterocycles. The highest BCUT2D eigenvalue weighted by Gasteiger charge is 2.45. The largest absolute Gasteiger partial charge is 0.445 e. The molecule has 2 aromatic rings. The lowest BCUT2D eigenvalue weighted by Gasteiger charge is -2.39. The van der Waals surface area contributed by atoms with Crippen molar-refractivity contribution < 1.29 is 29.9 Å². The second-order valence-corrected chi connectivity index (χ2v) is 5.69. The van der Waals surface area contributed by atoms with E-state index in [1.54, 1.807) is 13.0 Å². The molecule has 1 fully saturated rings. The van der Waals surface area contributed by atoms with Crippen LogP contribution in [0.4, 0.5) is 0 Å². The maximum absolute atomic E-state index is 10.1. The third kappa shape index (κ3) is 3.14. The minimum atomic E-state index is -1.49. The van der Waals surface area contributed by atoms with Crippen molar-refractivity contribution in [3.05, 3.63) is 42.1 Å². The summed E-state index contributed by atoms with van der Waals surface area (Å²) in [6.07, 6.45) is -6.66. The lowest BCUT2D eigenvalue weighted by atomic mass is 9.99. The number of ether oxygens (including phenoxy) is 2. The van der Waals surface area contributed by atoms with Crippen LogP contribution in [0.2, 0.25) is 0 Å². The van der Waals surface area contributed by atoms with Gasteiger partial charge in [-0.2, -0.15) is 5.10 Å². The smallest absolute Gasteiger partial charge is 0.231 e. The fourth-order valence-electron chi connectivity index (χ4n) is 2.60. The van der Waals surface area contributed by atoms with Crippen molar-refractivity contribution >= 4 is 0 Å². The summed E-state index contributed by atoms with van der Waals surface area (Å²) < 4.78 is 12.6. The molecule has 130 valence electrons. The number of benzene rings is 1. The second kappa shape index (κ2) is 6.88. The topological polar surface area (TPSA) is 117 Å². The third-order valence-electron chi connectivity index (χ3n) is 3.88. The molecule has 24 heavy (non-hydrogen) atoms. The van der Waals surface area contributed by atoms with Crippen molar-refractivity contribution in [3.63, 3.8) is 0 Å². The van der Waals surface area contributed by atoms with Crippen molar-refractivity contribution in [2.24, 2.45) is 0 Å². The molecule has 3 rings (SSSR count). The van der Waals surface area contributed by atoms with Crippen LogP contribution in [-0.2, 0) is 4.74 Å². The normalized spacial score (nSPS) is 30.3. The quantitative estimate of drug-likeness (QED) is 0.587. The van der Waals surface area contributed by atoms with E-state index in [9.17, 15) is 20.4 Å². The Morgan fingerprint density at radius 1 is 1.12 bits per heavy atom. The van der Waals surface area contributed by atoms with E-state index in [2.05, 4.69) is 5.10 Å². The number of rotatable bonds is 4. The monoisotopic (exact) mass is 336 g/mol. The standard InChI is InChI=1S/C16H20N2O6/c1-9-7-12(18(17-9)10-5-3-2-4-6-10)24-16-15(22)14(21)13(20)11(8-19)23-16/h2-7,11,13-16,19-22H,8H2,1H3/t11-,13-,14+,15-,16+/m1/s1. The van der Waals surface area contributed by atoms with E-state index in [0.717, 1.165) is 5.69 Å². The van der Waals surface area contributed by atoms with E-state index in [1.807, 2.05) is 30.3 Å². The molecule has 1 saturated heterocycles. The Bertz CT molecular complexity index is 674. The zero-order chi connectivity index (χ0) is 17.3. The average Bonchev–Trinajstić information content (AvgIpc) is 2.96. The van der Waals surface area contributed by atoms with Gasteiger partial charge in [-0.15, -0.1) is 0 Å². The summed E-state index contributed by atoms with van der Waals surface area (Å²) in [5.41, 5.74) is 1.45. The van der Waals surface area contributed by atoms with Crippen molar-refractivity contribution in [3.8, 4) is 11.6 Å². The molecule has 8 nitrogen and oxygen atoms in total. The SMILES string of the molecule is Cc1cc(O[C@@H]2O[C@H](CO)[C@@H](O)[C@H](O)[C@H]2O)n(-c2ccccc2)n1. The first kappa shape index (κ1) is 16.9. The van der Waals surface area contributed by atoms with Gasteiger partial charge in [0.25, 0.3) is 0 Å². The minimum absolute atomic E-state index is 0.308. The van der Waals surface area contributed by atoms with Gasteiger partial charge in [0.15, 0.2) is 0 Å². The highest BCUT2D eigenvalue weighted by molar-refractivity contribution is 5.35. The number of hydrogen-bond acceptors (Lipinski definition) is 7. The Morgan fingerprint density at radius 3 is 2.50 bits per heavy atom. The predicted octanol–water partition coefficient (Wildman–Crippen LogP) is -0.641. The van der Waals surface area contributed by atoms with Gasteiger partial charge in [0.2, 0.25) is 12.2 Å². The van der Waals surface area contributed by atoms with Crippen LogP contribution in [0.1, 0.15) is 5.69 Å². The predicted molar refractivity (Wildman–Crippen MR) is 82.7 cm³/mol. The molecule has 5 atom stereocenters. The summed E-state index contributed by atoms with van der Waals surface area (Å²) in [5.74, 6) is 0.308. The van der Waals surface area contributed by atoms with Crippen LogP contribution in [0, 0.1) is 6.92 Å². The molecule has 1 aromatic carbocycles. The molecular formula is C16H20N2O6. The average molecular weight is 336 g/mol. The molecule has 0 unspecified atom stereocenters. The molecule has 1 aliphatic heterocycles. The Labute approximate surface area is 138 Å². The molecule has 4 N–H and O–H groups in total. The Kier molecular flexibility index (Phi) is 4.83. The number of aliphatic hydroxyl groups is 4. The second-order valence-electron chi connectivity index (χ2n) is 5.69. The van der Waals surface area contributed by atoms with Gasteiger partial charge in [0.1, 0.15) is 24.4 Å². The molecule has 0 radical (unpaired) electrons. The molecule has 2 heterocycles. The summed E-state index contributed by atoms with van der Waals surface area (Å²) >= 11 is 0. The Balaban J connectivity index is 1.86. The van der Waals surface area contributed by atoms with E-state index in [0.29, 0.717) is 11.6 Å². The molecule has 0 aliphatic carbocycles. The highest BCUT2D eigenvalue weighted by Crippen LogP contribution is 2.26. The summed E-state index contributed by atoms with van der Waals surface area (Å²) in [6.45, 7) is 1.28. The van der Waals surface area contributed by atoms with Gasteiger partial charge in [-0.25, -0.2) is 4.68 Å². The highest BCUT2D eigenvalue weighted by atomic mass is 16.7. The van der Waals surface area contributed by atoms with E-state index < -0.39 is 37.3 Å².